The zero-order chi connectivity index (χ0) is 44.6. The van der Waals surface area contributed by atoms with E-state index in [-0.39, 0.29) is 28.3 Å². The molecule has 6 aromatic heterocycles. The molecule has 0 unspecified atom stereocenters. The number of rotatable bonds is 7. The van der Waals surface area contributed by atoms with Crippen molar-refractivity contribution in [2.24, 2.45) is 0 Å². The number of carboxylic acids is 1. The van der Waals surface area contributed by atoms with Gasteiger partial charge in [0.2, 0.25) is 5.78 Å². The molecule has 2 aromatic carbocycles. The minimum atomic E-state index is -0.961. The number of nitrogens with zero attached hydrogens (tertiary/aromatic N) is 5. The molecule has 18 heteroatoms. The highest BCUT2D eigenvalue weighted by atomic mass is 32.1. The van der Waals surface area contributed by atoms with E-state index in [9.17, 15) is 24.0 Å². The summed E-state index contributed by atoms with van der Waals surface area (Å²) in [5.74, 6) is 1.04. The summed E-state index contributed by atoms with van der Waals surface area (Å²) >= 11 is 3.65. The molecule has 6 heterocycles. The zero-order valence-corrected chi connectivity index (χ0v) is 37.0. The second-order valence-corrected chi connectivity index (χ2v) is 17.0. The molecule has 0 bridgehead atoms. The van der Waals surface area contributed by atoms with Crippen molar-refractivity contribution in [2.75, 3.05) is 56.6 Å². The minimum absolute atomic E-state index is 0.0347. The van der Waals surface area contributed by atoms with Gasteiger partial charge in [0.05, 0.1) is 58.0 Å². The average molecular weight is 892 g/mol. The monoisotopic (exact) mass is 891 g/mol. The van der Waals surface area contributed by atoms with Crippen molar-refractivity contribution < 1.29 is 48.0 Å². The van der Waals surface area contributed by atoms with E-state index in [1.54, 1.807) is 92.4 Å². The van der Waals surface area contributed by atoms with Gasteiger partial charge in [0.15, 0.2) is 5.78 Å². The first-order chi connectivity index (χ1) is 29.8. The van der Waals surface area contributed by atoms with Crippen LogP contribution in [0.5, 0.6) is 23.0 Å². The molecule has 15 nitrogen and oxygen atoms in total. The number of amides is 2. The van der Waals surface area contributed by atoms with E-state index in [0.29, 0.717) is 48.6 Å². The number of aromatic nitrogens is 3. The number of ketones is 2. The molecule has 1 N–H and O–H groups in total. The maximum Gasteiger partial charge on any atom is 0.345 e. The summed E-state index contributed by atoms with van der Waals surface area (Å²) in [5.41, 5.74) is 0.945. The third kappa shape index (κ3) is 7.52. The van der Waals surface area contributed by atoms with Crippen molar-refractivity contribution in [1.29, 1.82) is 0 Å². The molecule has 0 saturated heterocycles. The van der Waals surface area contributed by atoms with Crippen LogP contribution in [0, 0.1) is 0 Å². The summed E-state index contributed by atoms with van der Waals surface area (Å²) in [5, 5.41) is 14.2. The Morgan fingerprint density at radius 1 is 0.516 bits per heavy atom. The number of carbonyl (C=O) groups is 5. The van der Waals surface area contributed by atoms with Crippen LogP contribution >= 0.6 is 34.0 Å². The third-order valence-corrected chi connectivity index (χ3v) is 13.1. The van der Waals surface area contributed by atoms with E-state index in [0.717, 1.165) is 58.8 Å². The minimum Gasteiger partial charge on any atom is -0.495 e. The van der Waals surface area contributed by atoms with Crippen LogP contribution in [-0.2, 0) is 0 Å². The number of aromatic carboxylic acids is 1. The summed E-state index contributed by atoms with van der Waals surface area (Å²) < 4.78 is 23.8. The quantitative estimate of drug-likeness (QED) is 0.163. The van der Waals surface area contributed by atoms with E-state index in [4.69, 9.17) is 24.1 Å². The van der Waals surface area contributed by atoms with Gasteiger partial charge >= 0.3 is 5.97 Å². The van der Waals surface area contributed by atoms with Crippen LogP contribution in [-0.4, -0.2) is 116 Å². The summed E-state index contributed by atoms with van der Waals surface area (Å²) in [6.07, 6.45) is 9.70. The van der Waals surface area contributed by atoms with Crippen LogP contribution < -0.4 is 18.9 Å². The second kappa shape index (κ2) is 17.5. The number of thiophene rings is 3. The van der Waals surface area contributed by atoms with Gasteiger partial charge in [0.25, 0.3) is 11.8 Å². The predicted molar refractivity (Wildman–Crippen MR) is 239 cm³/mol. The Bertz CT molecular complexity index is 2940. The Morgan fingerprint density at radius 3 is 1.45 bits per heavy atom. The molecular weight excluding hydrogens is 855 g/mol. The second-order valence-electron chi connectivity index (χ2n) is 13.8. The van der Waals surface area contributed by atoms with Crippen molar-refractivity contribution >= 4 is 105 Å². The van der Waals surface area contributed by atoms with Crippen LogP contribution in [0.4, 0.5) is 0 Å². The predicted octanol–water partition coefficient (Wildman–Crippen LogP) is 7.95. The number of hydrogen-bond acceptors (Lipinski definition) is 15. The van der Waals surface area contributed by atoms with Crippen molar-refractivity contribution in [3.63, 3.8) is 0 Å². The molecule has 1 aliphatic rings. The maximum atomic E-state index is 12.4. The van der Waals surface area contributed by atoms with Crippen LogP contribution in [0.1, 0.15) is 60.2 Å². The Kier molecular flexibility index (Phi) is 12.2. The van der Waals surface area contributed by atoms with Crippen molar-refractivity contribution in [3.8, 4) is 23.0 Å². The summed E-state index contributed by atoms with van der Waals surface area (Å²) in [6, 6.07) is 10.2. The number of hydrogen-bond donors (Lipinski definition) is 1. The topological polar surface area (TPSA) is 188 Å². The molecule has 2 amide bonds. The maximum absolute atomic E-state index is 12.4. The summed E-state index contributed by atoms with van der Waals surface area (Å²) in [7, 11) is 13.1. The normalized spacial score (nSPS) is 11.5. The molecule has 0 aliphatic heterocycles. The van der Waals surface area contributed by atoms with Crippen molar-refractivity contribution in [2.45, 2.75) is 0 Å². The molecule has 0 spiro atoms. The highest BCUT2D eigenvalue weighted by Crippen LogP contribution is 2.47. The van der Waals surface area contributed by atoms with Gasteiger partial charge in [-0.15, -0.1) is 34.0 Å². The first kappa shape index (κ1) is 43.1. The average Bonchev–Trinajstić information content (AvgIpc) is 4.05. The number of fused-ring (bicyclic) bond motifs is 6. The Morgan fingerprint density at radius 2 is 0.968 bits per heavy atom. The largest absolute Gasteiger partial charge is 0.495 e. The van der Waals surface area contributed by atoms with Crippen molar-refractivity contribution in [1.82, 2.24) is 24.8 Å². The van der Waals surface area contributed by atoms with E-state index in [1.165, 1.54) is 52.1 Å². The van der Waals surface area contributed by atoms with Gasteiger partial charge < -0.3 is 33.9 Å². The van der Waals surface area contributed by atoms with Gasteiger partial charge in [-0.1, -0.05) is 0 Å². The molecule has 0 radical (unpaired) electrons. The number of carboxylic acid groups (broad SMARTS) is 1. The first-order valence-electron chi connectivity index (χ1n) is 18.4. The first-order valence-corrected chi connectivity index (χ1v) is 20.9. The molecule has 0 fully saturated rings. The fraction of sp³-hybridized carbons (Fsp3) is 0.182. The van der Waals surface area contributed by atoms with E-state index < -0.39 is 5.97 Å². The lowest BCUT2D eigenvalue weighted by Gasteiger charge is -2.12. The van der Waals surface area contributed by atoms with E-state index >= 15 is 0 Å². The standard InChI is InChI=1S/C16H16N2O3S.C14H10N2O3S.C14H11NO4S/c1-18(2)16(19)12-7-10-13(20-3)11-8-17-6-5-9(11)14(21-4)15(10)22-12;1-16(2)14(19)10-5-8-11(17)9-6-15-4-3-7(9)12(18)13(8)20-10;1-18-11-8-5-10(14(16)17)20-13(8)12(19-2)7-3-4-15-6-9(7)11/h5-8H,1-4H3;3-6H,1-2H3;3-6H,1-2H3,(H,16,17). The Labute approximate surface area is 365 Å². The fourth-order valence-electron chi connectivity index (χ4n) is 6.91. The molecule has 0 saturated carbocycles. The third-order valence-electron chi connectivity index (χ3n) is 9.74. The lowest BCUT2D eigenvalue weighted by Crippen LogP contribution is -2.20. The van der Waals surface area contributed by atoms with Crippen LogP contribution in [0.2, 0.25) is 0 Å². The van der Waals surface area contributed by atoms with Gasteiger partial charge in [-0.3, -0.25) is 34.1 Å². The lowest BCUT2D eigenvalue weighted by molar-refractivity contribution is 0.0700. The smallest absolute Gasteiger partial charge is 0.345 e. The number of ether oxygens (including phenoxy) is 4. The van der Waals surface area contributed by atoms with Gasteiger partial charge in [0.1, 0.15) is 27.9 Å². The number of carbonyl (C=O) groups excluding carboxylic acids is 4. The molecule has 1 aliphatic carbocycles. The van der Waals surface area contributed by atoms with Crippen molar-refractivity contribution in [3.05, 3.63) is 110 Å². The van der Waals surface area contributed by atoms with Gasteiger partial charge in [-0.05, 0) is 36.4 Å². The number of pyridine rings is 3. The van der Waals surface area contributed by atoms with Gasteiger partial charge in [0, 0.05) is 109 Å². The lowest BCUT2D eigenvalue weighted by atomic mass is 9.90. The highest BCUT2D eigenvalue weighted by Gasteiger charge is 2.33. The van der Waals surface area contributed by atoms with Gasteiger partial charge in [-0.25, -0.2) is 4.79 Å². The molecule has 9 rings (SSSR count). The molecule has 316 valence electrons. The fourth-order valence-corrected chi connectivity index (χ4v) is 10.3. The molecule has 8 aromatic rings. The van der Waals surface area contributed by atoms with Crippen LogP contribution in [0.15, 0.2) is 73.6 Å². The highest BCUT2D eigenvalue weighted by molar-refractivity contribution is 7.21. The Balaban J connectivity index is 0.000000140. The Hall–Kier alpha value is -7.02. The SMILES string of the molecule is CN(C)C(=O)c1cc2c(s1)C(=O)c1ccncc1C2=O.COc1c2cnccc2c(OC)c2sc(C(=O)N(C)C)cc12.COc1c2cnccc2c(OC)c2sc(C(=O)O)cc12. The van der Waals surface area contributed by atoms with E-state index in [1.807, 2.05) is 18.2 Å². The number of methoxy groups -OCH3 is 4. The van der Waals surface area contributed by atoms with E-state index in [2.05, 4.69) is 15.0 Å². The molecule has 62 heavy (non-hydrogen) atoms. The summed E-state index contributed by atoms with van der Waals surface area (Å²) in [6.45, 7) is 0. The van der Waals surface area contributed by atoms with Crippen LogP contribution in [0.25, 0.3) is 41.7 Å². The zero-order valence-electron chi connectivity index (χ0n) is 34.5. The van der Waals surface area contributed by atoms with Gasteiger partial charge in [-0.2, -0.15) is 0 Å². The number of benzene rings is 2. The van der Waals surface area contributed by atoms with Crippen LogP contribution in [0.3, 0.4) is 0 Å². The summed E-state index contributed by atoms with van der Waals surface area (Å²) in [4.78, 5) is 76.8. The molecule has 0 atom stereocenters. The molecular formula is C44H37N5O10S3.